The summed E-state index contributed by atoms with van der Waals surface area (Å²) >= 11 is 0. The summed E-state index contributed by atoms with van der Waals surface area (Å²) in [6.45, 7) is 4.55. The fourth-order valence-electron chi connectivity index (χ4n) is 2.67. The second kappa shape index (κ2) is 6.71. The number of hydrogen-bond acceptors (Lipinski definition) is 4. The van der Waals surface area contributed by atoms with Gasteiger partial charge in [0, 0.05) is 39.4 Å². The van der Waals surface area contributed by atoms with Crippen LogP contribution in [0.3, 0.4) is 0 Å². The van der Waals surface area contributed by atoms with E-state index in [1.165, 1.54) is 0 Å². The number of hydrogen-bond donors (Lipinski definition) is 1. The number of carbonyl (C=O) groups excluding carboxylic acids is 1. The van der Waals surface area contributed by atoms with E-state index in [-0.39, 0.29) is 12.5 Å². The number of nitrogens with zero attached hydrogens (tertiary/aromatic N) is 4. The average Bonchev–Trinajstić information content (AvgIpc) is 2.66. The highest BCUT2D eigenvalue weighted by Gasteiger charge is 2.24. The Morgan fingerprint density at radius 3 is 2.71 bits per heavy atom. The lowest BCUT2D eigenvalue weighted by molar-refractivity contribution is -0.138. The van der Waals surface area contributed by atoms with Crippen LogP contribution in [0.1, 0.15) is 29.4 Å². The fraction of sp³-hybridized carbons (Fsp3) is 0.643. The monoisotopic (exact) mass is 294 g/mol. The Hall–Kier alpha value is -1.89. The molecule has 0 radical (unpaired) electrons. The van der Waals surface area contributed by atoms with E-state index in [9.17, 15) is 9.59 Å². The predicted octanol–water partition coefficient (Wildman–Crippen LogP) is 0.215. The molecule has 0 bridgehead atoms. The van der Waals surface area contributed by atoms with Gasteiger partial charge in [0.25, 0.3) is 5.91 Å². The van der Waals surface area contributed by atoms with Gasteiger partial charge in [-0.3, -0.25) is 19.2 Å². The molecule has 21 heavy (non-hydrogen) atoms. The highest BCUT2D eigenvalue weighted by atomic mass is 16.4. The largest absolute Gasteiger partial charge is 0.480 e. The van der Waals surface area contributed by atoms with Crippen molar-refractivity contribution in [3.05, 3.63) is 17.5 Å². The summed E-state index contributed by atoms with van der Waals surface area (Å²) in [5.41, 5.74) is 1.47. The first kappa shape index (κ1) is 15.5. The average molecular weight is 294 g/mol. The molecule has 0 saturated carbocycles. The van der Waals surface area contributed by atoms with Crippen LogP contribution in [-0.2, 0) is 18.3 Å². The van der Waals surface area contributed by atoms with Gasteiger partial charge in [0.15, 0.2) is 0 Å². The van der Waals surface area contributed by atoms with Gasteiger partial charge in [0.05, 0.1) is 17.8 Å². The van der Waals surface area contributed by atoms with Crippen LogP contribution in [0.5, 0.6) is 0 Å². The van der Waals surface area contributed by atoms with Crippen molar-refractivity contribution in [3.8, 4) is 0 Å². The molecule has 2 rings (SSSR count). The molecule has 1 aromatic heterocycles. The molecule has 0 aliphatic carbocycles. The summed E-state index contributed by atoms with van der Waals surface area (Å²) in [7, 11) is 1.81. The van der Waals surface area contributed by atoms with Crippen LogP contribution in [0.15, 0.2) is 6.20 Å². The van der Waals surface area contributed by atoms with Gasteiger partial charge < -0.3 is 10.0 Å². The van der Waals surface area contributed by atoms with E-state index < -0.39 is 5.97 Å². The Labute approximate surface area is 124 Å². The summed E-state index contributed by atoms with van der Waals surface area (Å²) in [5, 5.41) is 13.2. The number of carboxylic acid groups (broad SMARTS) is 1. The van der Waals surface area contributed by atoms with Gasteiger partial charge in [0.1, 0.15) is 0 Å². The molecule has 1 aliphatic rings. The molecule has 1 fully saturated rings. The molecule has 1 aliphatic heterocycles. The van der Waals surface area contributed by atoms with Crippen molar-refractivity contribution in [1.82, 2.24) is 19.6 Å². The summed E-state index contributed by atoms with van der Waals surface area (Å²) in [6, 6.07) is 0. The van der Waals surface area contributed by atoms with Crippen molar-refractivity contribution in [2.75, 3.05) is 32.7 Å². The summed E-state index contributed by atoms with van der Waals surface area (Å²) in [6.07, 6.45) is 3.28. The molecule has 1 N–H and O–H groups in total. The maximum Gasteiger partial charge on any atom is 0.317 e. The molecule has 1 saturated heterocycles. The Balaban J connectivity index is 2.04. The molecule has 0 aromatic carbocycles. The second-order valence-electron chi connectivity index (χ2n) is 5.33. The molecule has 2 heterocycles. The standard InChI is InChI=1S/C14H22N4O3/c1-3-12-11(9-16(2)15-12)14(21)18-6-4-5-17(7-8-18)10-13(19)20/h9H,3-8,10H2,1-2H3,(H,19,20). The maximum atomic E-state index is 12.6. The third-order valence-corrected chi connectivity index (χ3v) is 3.71. The van der Waals surface area contributed by atoms with Gasteiger partial charge >= 0.3 is 5.97 Å². The molecule has 0 spiro atoms. The van der Waals surface area contributed by atoms with E-state index in [0.717, 1.165) is 18.5 Å². The first-order valence-electron chi connectivity index (χ1n) is 7.27. The predicted molar refractivity (Wildman–Crippen MR) is 77.2 cm³/mol. The zero-order valence-corrected chi connectivity index (χ0v) is 12.6. The third kappa shape index (κ3) is 3.81. The van der Waals surface area contributed by atoms with Crippen molar-refractivity contribution in [2.45, 2.75) is 19.8 Å². The van der Waals surface area contributed by atoms with Crippen LogP contribution in [0.25, 0.3) is 0 Å². The van der Waals surface area contributed by atoms with Gasteiger partial charge in [0.2, 0.25) is 0 Å². The van der Waals surface area contributed by atoms with Crippen LogP contribution in [0.4, 0.5) is 0 Å². The Morgan fingerprint density at radius 1 is 1.29 bits per heavy atom. The highest BCUT2D eigenvalue weighted by Crippen LogP contribution is 2.13. The third-order valence-electron chi connectivity index (χ3n) is 3.71. The minimum absolute atomic E-state index is 0.00266. The quantitative estimate of drug-likeness (QED) is 0.859. The van der Waals surface area contributed by atoms with Crippen LogP contribution in [0, 0.1) is 0 Å². The van der Waals surface area contributed by atoms with Crippen LogP contribution in [0.2, 0.25) is 0 Å². The number of rotatable bonds is 4. The zero-order valence-electron chi connectivity index (χ0n) is 12.6. The van der Waals surface area contributed by atoms with Crippen molar-refractivity contribution in [1.29, 1.82) is 0 Å². The number of aryl methyl sites for hydroxylation is 2. The number of carbonyl (C=O) groups is 2. The first-order valence-corrected chi connectivity index (χ1v) is 7.27. The van der Waals surface area contributed by atoms with Gasteiger partial charge in [-0.1, -0.05) is 6.92 Å². The smallest absolute Gasteiger partial charge is 0.317 e. The van der Waals surface area contributed by atoms with E-state index in [1.807, 2.05) is 18.9 Å². The zero-order chi connectivity index (χ0) is 15.4. The van der Waals surface area contributed by atoms with Crippen LogP contribution >= 0.6 is 0 Å². The number of amides is 1. The molecule has 1 aromatic rings. The topological polar surface area (TPSA) is 78.7 Å². The molecule has 1 amide bonds. The molecule has 0 unspecified atom stereocenters. The number of aliphatic carboxylic acids is 1. The summed E-state index contributed by atoms with van der Waals surface area (Å²) < 4.78 is 1.67. The lowest BCUT2D eigenvalue weighted by atomic mass is 10.2. The second-order valence-corrected chi connectivity index (χ2v) is 5.33. The Morgan fingerprint density at radius 2 is 2.05 bits per heavy atom. The van der Waals surface area contributed by atoms with Crippen molar-refractivity contribution < 1.29 is 14.7 Å². The van der Waals surface area contributed by atoms with Gasteiger partial charge in [-0.2, -0.15) is 5.10 Å². The molecule has 116 valence electrons. The van der Waals surface area contributed by atoms with Crippen molar-refractivity contribution in [3.63, 3.8) is 0 Å². The summed E-state index contributed by atoms with van der Waals surface area (Å²) in [5.74, 6) is -0.826. The number of aromatic nitrogens is 2. The van der Waals surface area contributed by atoms with E-state index in [0.29, 0.717) is 31.7 Å². The fourth-order valence-corrected chi connectivity index (χ4v) is 2.67. The van der Waals surface area contributed by atoms with E-state index in [4.69, 9.17) is 5.11 Å². The molecule has 0 atom stereocenters. The first-order chi connectivity index (χ1) is 10.0. The highest BCUT2D eigenvalue weighted by molar-refractivity contribution is 5.95. The molecular formula is C14H22N4O3. The Kier molecular flexibility index (Phi) is 4.95. The normalized spacial score (nSPS) is 16.8. The van der Waals surface area contributed by atoms with Crippen LogP contribution < -0.4 is 0 Å². The minimum Gasteiger partial charge on any atom is -0.480 e. The summed E-state index contributed by atoms with van der Waals surface area (Å²) in [4.78, 5) is 27.1. The maximum absolute atomic E-state index is 12.6. The molecular weight excluding hydrogens is 272 g/mol. The van der Waals surface area contributed by atoms with Crippen molar-refractivity contribution in [2.24, 2.45) is 7.05 Å². The van der Waals surface area contributed by atoms with Crippen molar-refractivity contribution >= 4 is 11.9 Å². The minimum atomic E-state index is -0.824. The van der Waals surface area contributed by atoms with E-state index in [2.05, 4.69) is 5.10 Å². The van der Waals surface area contributed by atoms with E-state index >= 15 is 0 Å². The lowest BCUT2D eigenvalue weighted by Gasteiger charge is -2.21. The number of carboxylic acids is 1. The lowest BCUT2D eigenvalue weighted by Crippen LogP contribution is -2.36. The van der Waals surface area contributed by atoms with E-state index in [1.54, 1.807) is 15.8 Å². The SMILES string of the molecule is CCc1nn(C)cc1C(=O)N1CCCN(CC(=O)O)CC1. The van der Waals surface area contributed by atoms with Crippen LogP contribution in [-0.4, -0.2) is 69.3 Å². The van der Waals surface area contributed by atoms with Gasteiger partial charge in [-0.15, -0.1) is 0 Å². The molecule has 7 heteroatoms. The Bertz CT molecular complexity index is 526. The molecule has 7 nitrogen and oxygen atoms in total. The van der Waals surface area contributed by atoms with Gasteiger partial charge in [-0.05, 0) is 12.8 Å². The van der Waals surface area contributed by atoms with Gasteiger partial charge in [-0.25, -0.2) is 0 Å².